The Labute approximate surface area is 255 Å². The quantitative estimate of drug-likeness (QED) is 0.199. The summed E-state index contributed by atoms with van der Waals surface area (Å²) in [5.74, 6) is 0. The van der Waals surface area contributed by atoms with Crippen molar-refractivity contribution in [3.8, 4) is 0 Å². The van der Waals surface area contributed by atoms with Crippen LogP contribution >= 0.6 is 0 Å². The van der Waals surface area contributed by atoms with Crippen LogP contribution < -0.4 is 0 Å². The summed E-state index contributed by atoms with van der Waals surface area (Å²) >= 11 is 0. The molecule has 8 aromatic rings. The zero-order valence-corrected chi connectivity index (χ0v) is 24.0. The maximum atomic E-state index is 2.44. The van der Waals surface area contributed by atoms with Crippen LogP contribution in [-0.2, 0) is 0 Å². The zero-order valence-electron chi connectivity index (χ0n) is 24.0. The first-order valence-corrected chi connectivity index (χ1v) is 15.4. The summed E-state index contributed by atoms with van der Waals surface area (Å²) in [6.07, 6.45) is 0. The fourth-order valence-corrected chi connectivity index (χ4v) is 7.81. The van der Waals surface area contributed by atoms with E-state index < -0.39 is 0 Å². The average Bonchev–Trinajstić information content (AvgIpc) is 3.59. The van der Waals surface area contributed by atoms with E-state index in [4.69, 9.17) is 0 Å². The Balaban J connectivity index is 1.42. The largest absolute Gasteiger partial charge is 0.0616 e. The van der Waals surface area contributed by atoms with Crippen molar-refractivity contribution in [2.45, 2.75) is 0 Å². The summed E-state index contributed by atoms with van der Waals surface area (Å²) < 4.78 is 0. The van der Waals surface area contributed by atoms with Gasteiger partial charge in [-0.05, 0) is 117 Å². The first-order valence-electron chi connectivity index (χ1n) is 15.4. The number of fused-ring (bicyclic) bond motifs is 10. The molecule has 2 aliphatic carbocycles. The van der Waals surface area contributed by atoms with Crippen LogP contribution in [0.3, 0.4) is 0 Å². The molecule has 8 aromatic carbocycles. The molecule has 0 atom stereocenters. The number of rotatable bonds is 2. The molecule has 0 N–H and O–H groups in total. The molecule has 0 radical (unpaired) electrons. The Morgan fingerprint density at radius 2 is 0.773 bits per heavy atom. The van der Waals surface area contributed by atoms with Crippen molar-refractivity contribution >= 4 is 65.4 Å². The average molecular weight is 555 g/mol. The molecule has 0 bridgehead atoms. The lowest BCUT2D eigenvalue weighted by Crippen LogP contribution is -1.95. The highest BCUT2D eigenvalue weighted by Crippen LogP contribution is 2.60. The molecule has 0 saturated heterocycles. The van der Waals surface area contributed by atoms with Crippen LogP contribution in [-0.4, -0.2) is 0 Å². The summed E-state index contributed by atoms with van der Waals surface area (Å²) in [5, 5.41) is 10.2. The van der Waals surface area contributed by atoms with Gasteiger partial charge in [-0.2, -0.15) is 0 Å². The van der Waals surface area contributed by atoms with Crippen LogP contribution in [0.5, 0.6) is 0 Å². The van der Waals surface area contributed by atoms with Crippen LogP contribution in [0.25, 0.3) is 65.4 Å². The van der Waals surface area contributed by atoms with Crippen molar-refractivity contribution in [1.82, 2.24) is 0 Å². The summed E-state index contributed by atoms with van der Waals surface area (Å²) in [7, 11) is 0. The molecule has 2 aliphatic rings. The summed E-state index contributed by atoms with van der Waals surface area (Å²) in [6.45, 7) is 0. The van der Waals surface area contributed by atoms with E-state index in [1.807, 2.05) is 0 Å². The first-order chi connectivity index (χ1) is 21.8. The molecule has 0 nitrogen and oxygen atoms in total. The molecule has 44 heavy (non-hydrogen) atoms. The van der Waals surface area contributed by atoms with Crippen molar-refractivity contribution in [1.29, 1.82) is 0 Å². The molecule has 10 rings (SSSR count). The Morgan fingerprint density at radius 3 is 1.52 bits per heavy atom. The van der Waals surface area contributed by atoms with Crippen molar-refractivity contribution in [3.05, 3.63) is 191 Å². The summed E-state index contributed by atoms with van der Waals surface area (Å²) in [5.41, 5.74) is 13.3. The Bertz CT molecular complexity index is 2590. The number of allylic oxidation sites excluding steroid dienone is 2. The lowest BCUT2D eigenvalue weighted by molar-refractivity contribution is 1.57. The fraction of sp³-hybridized carbons (Fsp3) is 0. The maximum Gasteiger partial charge on any atom is -0.000718 e. The minimum atomic E-state index is 1.27. The van der Waals surface area contributed by atoms with Crippen molar-refractivity contribution in [3.63, 3.8) is 0 Å². The zero-order chi connectivity index (χ0) is 28.8. The van der Waals surface area contributed by atoms with Gasteiger partial charge in [-0.3, -0.25) is 0 Å². The molecule has 0 saturated carbocycles. The van der Waals surface area contributed by atoms with Gasteiger partial charge in [0.2, 0.25) is 0 Å². The molecule has 0 heterocycles. The highest BCUT2D eigenvalue weighted by Gasteiger charge is 2.39. The molecular weight excluding hydrogens is 528 g/mol. The molecule has 0 fully saturated rings. The van der Waals surface area contributed by atoms with Crippen LogP contribution in [0.4, 0.5) is 0 Å². The Kier molecular flexibility index (Phi) is 4.81. The van der Waals surface area contributed by atoms with Gasteiger partial charge in [0.1, 0.15) is 0 Å². The molecule has 0 heteroatoms. The van der Waals surface area contributed by atoms with E-state index in [2.05, 4.69) is 158 Å². The van der Waals surface area contributed by atoms with Crippen molar-refractivity contribution < 1.29 is 0 Å². The van der Waals surface area contributed by atoms with Crippen LogP contribution in [0.2, 0.25) is 0 Å². The third kappa shape index (κ3) is 3.23. The molecule has 0 spiro atoms. The highest BCUT2D eigenvalue weighted by atomic mass is 14.4. The van der Waals surface area contributed by atoms with Gasteiger partial charge in [0.15, 0.2) is 0 Å². The van der Waals surface area contributed by atoms with E-state index in [0.717, 1.165) is 0 Å². The Morgan fingerprint density at radius 1 is 0.250 bits per heavy atom. The van der Waals surface area contributed by atoms with E-state index in [1.54, 1.807) is 0 Å². The van der Waals surface area contributed by atoms with Gasteiger partial charge in [-0.15, -0.1) is 0 Å². The van der Waals surface area contributed by atoms with Crippen molar-refractivity contribution in [2.24, 2.45) is 0 Å². The van der Waals surface area contributed by atoms with Crippen molar-refractivity contribution in [2.75, 3.05) is 0 Å². The molecule has 202 valence electrons. The van der Waals surface area contributed by atoms with Gasteiger partial charge in [-0.25, -0.2) is 0 Å². The predicted molar refractivity (Wildman–Crippen MR) is 188 cm³/mol. The minimum absolute atomic E-state index is 1.27. The van der Waals surface area contributed by atoms with Gasteiger partial charge in [0.25, 0.3) is 0 Å². The van der Waals surface area contributed by atoms with Crippen LogP contribution in [0.1, 0.15) is 33.4 Å². The van der Waals surface area contributed by atoms with Crippen LogP contribution in [0, 0.1) is 0 Å². The first kappa shape index (κ1) is 23.8. The van der Waals surface area contributed by atoms with E-state index in [0.29, 0.717) is 0 Å². The number of hydrogen-bond acceptors (Lipinski definition) is 0. The molecule has 0 aliphatic heterocycles. The molecule has 0 unspecified atom stereocenters. The third-order valence-corrected chi connectivity index (χ3v) is 9.72. The summed E-state index contributed by atoms with van der Waals surface area (Å²) in [4.78, 5) is 0. The number of hydrogen-bond donors (Lipinski definition) is 0. The van der Waals surface area contributed by atoms with E-state index >= 15 is 0 Å². The normalized spacial score (nSPS) is 13.7. The Hall–Kier alpha value is -5.72. The van der Waals surface area contributed by atoms with Gasteiger partial charge in [0, 0.05) is 0 Å². The van der Waals surface area contributed by atoms with Gasteiger partial charge in [-0.1, -0.05) is 140 Å². The number of benzene rings is 8. The van der Waals surface area contributed by atoms with Gasteiger partial charge in [0.05, 0.1) is 0 Å². The lowest BCUT2D eigenvalue weighted by atomic mass is 9.87. The highest BCUT2D eigenvalue weighted by molar-refractivity contribution is 6.38. The second-order valence-electron chi connectivity index (χ2n) is 12.0. The monoisotopic (exact) mass is 554 g/mol. The third-order valence-electron chi connectivity index (χ3n) is 9.72. The molecule has 0 aromatic heterocycles. The van der Waals surface area contributed by atoms with Gasteiger partial charge >= 0.3 is 0 Å². The second-order valence-corrected chi connectivity index (χ2v) is 12.0. The van der Waals surface area contributed by atoms with Crippen LogP contribution in [0.15, 0.2) is 158 Å². The predicted octanol–water partition coefficient (Wildman–Crippen LogP) is 11.5. The van der Waals surface area contributed by atoms with E-state index in [9.17, 15) is 0 Å². The lowest BCUT2D eigenvalue weighted by Gasteiger charge is -2.16. The molecular formula is C44H26. The topological polar surface area (TPSA) is 0 Å². The molecule has 0 amide bonds. The fourth-order valence-electron chi connectivity index (χ4n) is 7.81. The smallest absolute Gasteiger partial charge is 0.000718 e. The minimum Gasteiger partial charge on any atom is -0.0616 e. The second kappa shape index (κ2) is 8.89. The van der Waals surface area contributed by atoms with E-state index in [-0.39, 0.29) is 0 Å². The maximum absolute atomic E-state index is 2.44. The SMILES string of the molecule is c1ccc2cc(C3=C4C(=C(c5cccc6ccccc56)c5cc6ccccc6cc54)c4ccc5ccccc5c43)ccc2c1. The summed E-state index contributed by atoms with van der Waals surface area (Å²) in [6, 6.07) is 58.5. The van der Waals surface area contributed by atoms with E-state index in [1.165, 1.54) is 98.8 Å². The standard InChI is InChI=1S/C44H26/c1-2-13-30-24-33(21-20-27(30)10-1)40-41-35-18-8-6-12-29(35)22-23-37(41)43-42(36-19-9-16-28-11-5-7-17-34(28)36)38-25-31-14-3-4-15-32(31)26-39(38)44(40)43/h1-26H. The van der Waals surface area contributed by atoms with Gasteiger partial charge < -0.3 is 0 Å².